The van der Waals surface area contributed by atoms with Gasteiger partial charge in [-0.2, -0.15) is 13.2 Å². The number of esters is 1. The lowest BCUT2D eigenvalue weighted by atomic mass is 10.2. The third-order valence-corrected chi connectivity index (χ3v) is 3.21. The van der Waals surface area contributed by atoms with E-state index in [0.717, 1.165) is 37.4 Å². The fourth-order valence-corrected chi connectivity index (χ4v) is 2.02. The smallest absolute Gasteiger partial charge is 0.419 e. The largest absolute Gasteiger partial charge is 0.483 e. The number of amides is 1. The predicted molar refractivity (Wildman–Crippen MR) is 83.3 cm³/mol. The minimum Gasteiger partial charge on any atom is -0.483 e. The highest BCUT2D eigenvalue weighted by atomic mass is 19.4. The molecule has 0 heterocycles. The number of halogens is 4. The molecule has 0 saturated heterocycles. The molecule has 0 aliphatic rings. The van der Waals surface area contributed by atoms with Crippen molar-refractivity contribution >= 4 is 17.6 Å². The van der Waals surface area contributed by atoms with Crippen LogP contribution in [0.2, 0.25) is 0 Å². The molecular formula is C17H13F4NO4. The third kappa shape index (κ3) is 4.71. The molecule has 26 heavy (non-hydrogen) atoms. The number of anilines is 1. The summed E-state index contributed by atoms with van der Waals surface area (Å²) in [6.07, 6.45) is -4.64. The van der Waals surface area contributed by atoms with Crippen molar-refractivity contribution in [2.45, 2.75) is 6.18 Å². The van der Waals surface area contributed by atoms with Crippen LogP contribution in [0.5, 0.6) is 5.75 Å². The highest BCUT2D eigenvalue weighted by Crippen LogP contribution is 2.35. The van der Waals surface area contributed by atoms with Crippen molar-refractivity contribution < 1.29 is 36.6 Å². The fourth-order valence-electron chi connectivity index (χ4n) is 2.02. The molecule has 0 aromatic heterocycles. The number of benzene rings is 2. The average Bonchev–Trinajstić information content (AvgIpc) is 2.60. The molecule has 1 N–H and O–H groups in total. The van der Waals surface area contributed by atoms with Gasteiger partial charge in [-0.25, -0.2) is 9.18 Å². The quantitative estimate of drug-likeness (QED) is 0.644. The van der Waals surface area contributed by atoms with Crippen LogP contribution in [0.1, 0.15) is 15.9 Å². The lowest BCUT2D eigenvalue weighted by molar-refractivity contribution is -0.139. The Bertz CT molecular complexity index is 821. The second kappa shape index (κ2) is 7.85. The first kappa shape index (κ1) is 19.2. The number of alkyl halides is 3. The Morgan fingerprint density at radius 1 is 1.12 bits per heavy atom. The standard InChI is InChI=1S/C17H13F4NO4/c1-25-16(24)10-6-7-12(18)13(8-10)22-15(23)9-26-14-5-3-2-4-11(14)17(19,20)21/h2-8H,9H2,1H3,(H,22,23). The van der Waals surface area contributed by atoms with Crippen LogP contribution in [0.25, 0.3) is 0 Å². The van der Waals surface area contributed by atoms with E-state index in [1.54, 1.807) is 0 Å². The van der Waals surface area contributed by atoms with Crippen molar-refractivity contribution in [3.8, 4) is 5.75 Å². The molecule has 2 rings (SSSR count). The Labute approximate surface area is 145 Å². The molecule has 0 saturated carbocycles. The Balaban J connectivity index is 2.08. The number of methoxy groups -OCH3 is 1. The average molecular weight is 371 g/mol. The van der Waals surface area contributed by atoms with Gasteiger partial charge in [0, 0.05) is 0 Å². The summed E-state index contributed by atoms with van der Waals surface area (Å²) in [5.74, 6) is -3.00. The molecule has 2 aromatic rings. The molecule has 5 nitrogen and oxygen atoms in total. The van der Waals surface area contributed by atoms with Gasteiger partial charge in [-0.05, 0) is 30.3 Å². The number of hydrogen-bond acceptors (Lipinski definition) is 4. The maximum atomic E-state index is 13.7. The zero-order valence-corrected chi connectivity index (χ0v) is 13.4. The van der Waals surface area contributed by atoms with Gasteiger partial charge < -0.3 is 14.8 Å². The van der Waals surface area contributed by atoms with Gasteiger partial charge in [-0.1, -0.05) is 12.1 Å². The molecule has 0 spiro atoms. The summed E-state index contributed by atoms with van der Waals surface area (Å²) in [5.41, 5.74) is -1.37. The van der Waals surface area contributed by atoms with E-state index in [1.807, 2.05) is 0 Å². The van der Waals surface area contributed by atoms with Gasteiger partial charge in [0.15, 0.2) is 6.61 Å². The number of carbonyl (C=O) groups excluding carboxylic acids is 2. The van der Waals surface area contributed by atoms with Crippen LogP contribution in [0.15, 0.2) is 42.5 Å². The van der Waals surface area contributed by atoms with Crippen LogP contribution >= 0.6 is 0 Å². The first-order chi connectivity index (χ1) is 12.2. The van der Waals surface area contributed by atoms with Crippen molar-refractivity contribution in [2.24, 2.45) is 0 Å². The van der Waals surface area contributed by atoms with Crippen LogP contribution in [0.3, 0.4) is 0 Å². The van der Waals surface area contributed by atoms with Crippen LogP contribution in [-0.2, 0) is 15.7 Å². The molecule has 0 atom stereocenters. The van der Waals surface area contributed by atoms with Gasteiger partial charge in [0.2, 0.25) is 0 Å². The fraction of sp³-hybridized carbons (Fsp3) is 0.176. The first-order valence-electron chi connectivity index (χ1n) is 7.19. The van der Waals surface area contributed by atoms with Crippen molar-refractivity contribution in [2.75, 3.05) is 19.0 Å². The minimum atomic E-state index is -4.64. The third-order valence-electron chi connectivity index (χ3n) is 3.21. The Morgan fingerprint density at radius 2 is 1.81 bits per heavy atom. The summed E-state index contributed by atoms with van der Waals surface area (Å²) in [6.45, 7) is -0.783. The molecule has 9 heteroatoms. The number of hydrogen-bond donors (Lipinski definition) is 1. The Kier molecular flexibility index (Phi) is 5.81. The molecule has 0 radical (unpaired) electrons. The van der Waals surface area contributed by atoms with E-state index < -0.39 is 41.8 Å². The summed E-state index contributed by atoms with van der Waals surface area (Å²) in [7, 11) is 1.13. The Morgan fingerprint density at radius 3 is 2.46 bits per heavy atom. The lowest BCUT2D eigenvalue weighted by Crippen LogP contribution is -2.22. The van der Waals surface area contributed by atoms with E-state index in [1.165, 1.54) is 12.1 Å². The zero-order chi connectivity index (χ0) is 19.3. The number of para-hydroxylation sites is 1. The van der Waals surface area contributed by atoms with E-state index >= 15 is 0 Å². The van der Waals surface area contributed by atoms with Crippen molar-refractivity contribution in [1.29, 1.82) is 0 Å². The van der Waals surface area contributed by atoms with Crippen LogP contribution in [0, 0.1) is 5.82 Å². The van der Waals surface area contributed by atoms with Crippen molar-refractivity contribution in [3.05, 3.63) is 59.4 Å². The van der Waals surface area contributed by atoms with E-state index in [-0.39, 0.29) is 11.3 Å². The van der Waals surface area contributed by atoms with Gasteiger partial charge in [0.05, 0.1) is 23.9 Å². The topological polar surface area (TPSA) is 64.6 Å². The summed E-state index contributed by atoms with van der Waals surface area (Å²) >= 11 is 0. The summed E-state index contributed by atoms with van der Waals surface area (Å²) in [5, 5.41) is 2.13. The van der Waals surface area contributed by atoms with Crippen molar-refractivity contribution in [1.82, 2.24) is 0 Å². The van der Waals surface area contributed by atoms with Crippen LogP contribution in [0.4, 0.5) is 23.2 Å². The number of ether oxygens (including phenoxy) is 2. The van der Waals surface area contributed by atoms with Gasteiger partial charge in [0.25, 0.3) is 5.91 Å². The van der Waals surface area contributed by atoms with Gasteiger partial charge in [-0.15, -0.1) is 0 Å². The zero-order valence-electron chi connectivity index (χ0n) is 13.4. The second-order valence-corrected chi connectivity index (χ2v) is 5.02. The van der Waals surface area contributed by atoms with E-state index in [4.69, 9.17) is 4.74 Å². The van der Waals surface area contributed by atoms with E-state index in [0.29, 0.717) is 0 Å². The number of carbonyl (C=O) groups is 2. The van der Waals surface area contributed by atoms with Crippen molar-refractivity contribution in [3.63, 3.8) is 0 Å². The number of nitrogens with one attached hydrogen (secondary N) is 1. The van der Waals surface area contributed by atoms with E-state index in [9.17, 15) is 27.2 Å². The summed E-state index contributed by atoms with van der Waals surface area (Å²) in [4.78, 5) is 23.3. The van der Waals surface area contributed by atoms with Crippen LogP contribution < -0.4 is 10.1 Å². The maximum Gasteiger partial charge on any atom is 0.419 e. The van der Waals surface area contributed by atoms with Gasteiger partial charge in [0.1, 0.15) is 11.6 Å². The predicted octanol–water partition coefficient (Wildman–Crippen LogP) is 3.65. The highest BCUT2D eigenvalue weighted by Gasteiger charge is 2.34. The minimum absolute atomic E-state index is 0.00691. The first-order valence-corrected chi connectivity index (χ1v) is 7.19. The normalized spacial score (nSPS) is 11.0. The molecule has 2 aromatic carbocycles. The monoisotopic (exact) mass is 371 g/mol. The highest BCUT2D eigenvalue weighted by molar-refractivity contribution is 5.95. The maximum absolute atomic E-state index is 13.7. The SMILES string of the molecule is COC(=O)c1ccc(F)c(NC(=O)COc2ccccc2C(F)(F)F)c1. The molecule has 138 valence electrons. The summed E-state index contributed by atoms with van der Waals surface area (Å²) < 4.78 is 61.7. The van der Waals surface area contributed by atoms with Crippen LogP contribution in [-0.4, -0.2) is 25.6 Å². The molecule has 0 unspecified atom stereocenters. The summed E-state index contributed by atoms with van der Waals surface area (Å²) in [6, 6.07) is 7.53. The van der Waals surface area contributed by atoms with Gasteiger partial charge >= 0.3 is 12.1 Å². The van der Waals surface area contributed by atoms with Gasteiger partial charge in [-0.3, -0.25) is 4.79 Å². The molecule has 1 amide bonds. The molecule has 0 aliphatic carbocycles. The number of rotatable bonds is 5. The molecule has 0 bridgehead atoms. The molecule has 0 aliphatic heterocycles. The molecular weight excluding hydrogens is 358 g/mol. The Hall–Kier alpha value is -3.10. The molecule has 0 fully saturated rings. The second-order valence-electron chi connectivity index (χ2n) is 5.02. The van der Waals surface area contributed by atoms with E-state index in [2.05, 4.69) is 10.1 Å². The lowest BCUT2D eigenvalue weighted by Gasteiger charge is -2.14.